The number of unbranched alkanes of at least 4 members (excludes halogenated alkanes) is 1. The van der Waals surface area contributed by atoms with Gasteiger partial charge in [0.05, 0.1) is 13.0 Å². The molecule has 1 N–H and O–H groups in total. The summed E-state index contributed by atoms with van der Waals surface area (Å²) in [4.78, 5) is 12.1. The average molecular weight is 343 g/mol. The molecular formula is C16H23BrO3. The average Bonchev–Trinajstić information content (AvgIpc) is 2.46. The van der Waals surface area contributed by atoms with Crippen molar-refractivity contribution in [2.45, 2.75) is 45.1 Å². The van der Waals surface area contributed by atoms with Gasteiger partial charge in [-0.3, -0.25) is 4.79 Å². The molecule has 0 fully saturated rings. The number of hydrogen-bond donors (Lipinski definition) is 1. The summed E-state index contributed by atoms with van der Waals surface area (Å²) in [6, 6.07) is 7.49. The summed E-state index contributed by atoms with van der Waals surface area (Å²) in [6.45, 7) is 3.96. The van der Waals surface area contributed by atoms with E-state index in [2.05, 4.69) is 22.9 Å². The molecule has 1 aromatic carbocycles. The topological polar surface area (TPSA) is 46.5 Å². The molecule has 1 aromatic rings. The monoisotopic (exact) mass is 342 g/mol. The van der Waals surface area contributed by atoms with Crippen LogP contribution in [0.2, 0.25) is 0 Å². The van der Waals surface area contributed by atoms with Crippen LogP contribution in [-0.4, -0.2) is 18.2 Å². The Kier molecular flexibility index (Phi) is 6.69. The van der Waals surface area contributed by atoms with Gasteiger partial charge in [0.15, 0.2) is 0 Å². The number of halogens is 1. The lowest BCUT2D eigenvalue weighted by atomic mass is 9.77. The Balaban J connectivity index is 3.18. The number of rotatable bonds is 7. The van der Waals surface area contributed by atoms with Crippen molar-refractivity contribution in [2.24, 2.45) is 5.92 Å². The maximum atomic E-state index is 12.1. The van der Waals surface area contributed by atoms with Crippen LogP contribution in [0.5, 0.6) is 0 Å². The lowest BCUT2D eigenvalue weighted by Crippen LogP contribution is -2.40. The SMILES string of the molecule is CCCCC(C(=O)OC)C(O)(CC)c1cccc(Br)c1. The Morgan fingerprint density at radius 3 is 2.65 bits per heavy atom. The van der Waals surface area contributed by atoms with Gasteiger partial charge in [-0.05, 0) is 30.5 Å². The molecule has 0 heterocycles. The minimum absolute atomic E-state index is 0.345. The van der Waals surface area contributed by atoms with Gasteiger partial charge in [-0.2, -0.15) is 0 Å². The van der Waals surface area contributed by atoms with E-state index < -0.39 is 11.5 Å². The van der Waals surface area contributed by atoms with E-state index in [-0.39, 0.29) is 5.97 Å². The van der Waals surface area contributed by atoms with Crippen molar-refractivity contribution in [3.63, 3.8) is 0 Å². The van der Waals surface area contributed by atoms with Crippen LogP contribution in [0.1, 0.15) is 45.1 Å². The lowest BCUT2D eigenvalue weighted by Gasteiger charge is -2.34. The van der Waals surface area contributed by atoms with E-state index in [4.69, 9.17) is 4.74 Å². The molecule has 0 aromatic heterocycles. The van der Waals surface area contributed by atoms with E-state index >= 15 is 0 Å². The second-order valence-corrected chi connectivity index (χ2v) is 5.92. The number of carbonyl (C=O) groups excluding carboxylic acids is 1. The highest BCUT2D eigenvalue weighted by atomic mass is 79.9. The third-order valence-corrected chi connectivity index (χ3v) is 4.27. The van der Waals surface area contributed by atoms with Gasteiger partial charge in [-0.15, -0.1) is 0 Å². The summed E-state index contributed by atoms with van der Waals surface area (Å²) in [7, 11) is 1.37. The maximum Gasteiger partial charge on any atom is 0.311 e. The zero-order valence-corrected chi connectivity index (χ0v) is 13.9. The fourth-order valence-corrected chi connectivity index (χ4v) is 2.91. The summed E-state index contributed by atoms with van der Waals surface area (Å²) >= 11 is 3.41. The van der Waals surface area contributed by atoms with Gasteiger partial charge >= 0.3 is 5.97 Å². The molecule has 20 heavy (non-hydrogen) atoms. The van der Waals surface area contributed by atoms with Gasteiger partial charge in [-0.1, -0.05) is 54.8 Å². The Morgan fingerprint density at radius 2 is 2.15 bits per heavy atom. The number of methoxy groups -OCH3 is 1. The van der Waals surface area contributed by atoms with Crippen molar-refractivity contribution in [3.05, 3.63) is 34.3 Å². The summed E-state index contributed by atoms with van der Waals surface area (Å²) in [6.07, 6.45) is 2.95. The van der Waals surface area contributed by atoms with Gasteiger partial charge in [0.2, 0.25) is 0 Å². The molecule has 0 aliphatic rings. The number of carbonyl (C=O) groups is 1. The maximum absolute atomic E-state index is 12.1. The zero-order chi connectivity index (χ0) is 15.2. The molecule has 0 saturated heterocycles. The van der Waals surface area contributed by atoms with Crippen LogP contribution in [-0.2, 0) is 15.1 Å². The standard InChI is InChI=1S/C16H23BrO3/c1-4-6-10-14(15(18)20-3)16(19,5-2)12-8-7-9-13(17)11-12/h7-9,11,14,19H,4-6,10H2,1-3H3. The van der Waals surface area contributed by atoms with Crippen molar-refractivity contribution in [1.82, 2.24) is 0 Å². The molecule has 0 saturated carbocycles. The summed E-state index contributed by atoms with van der Waals surface area (Å²) in [5.74, 6) is -0.880. The van der Waals surface area contributed by atoms with E-state index in [0.717, 1.165) is 22.9 Å². The Bertz CT molecular complexity index is 447. The first-order valence-electron chi connectivity index (χ1n) is 7.05. The van der Waals surface area contributed by atoms with Crippen molar-refractivity contribution >= 4 is 21.9 Å². The van der Waals surface area contributed by atoms with Gasteiger partial charge < -0.3 is 9.84 Å². The smallest absolute Gasteiger partial charge is 0.311 e. The third kappa shape index (κ3) is 3.83. The predicted octanol–water partition coefficient (Wildman–Crippen LogP) is 4.03. The highest BCUT2D eigenvalue weighted by Crippen LogP contribution is 2.37. The number of esters is 1. The predicted molar refractivity (Wildman–Crippen MR) is 83.4 cm³/mol. The number of aliphatic hydroxyl groups is 1. The minimum atomic E-state index is -1.19. The third-order valence-electron chi connectivity index (χ3n) is 3.77. The molecule has 0 spiro atoms. The molecule has 0 radical (unpaired) electrons. The molecule has 4 heteroatoms. The molecule has 112 valence electrons. The molecule has 0 bridgehead atoms. The minimum Gasteiger partial charge on any atom is -0.469 e. The normalized spacial score (nSPS) is 15.4. The summed E-state index contributed by atoms with van der Waals surface area (Å²) in [5, 5.41) is 11.1. The van der Waals surface area contributed by atoms with Gasteiger partial charge in [0, 0.05) is 4.47 Å². The highest BCUT2D eigenvalue weighted by molar-refractivity contribution is 9.10. The molecule has 0 amide bonds. The Morgan fingerprint density at radius 1 is 1.45 bits per heavy atom. The van der Waals surface area contributed by atoms with Gasteiger partial charge in [-0.25, -0.2) is 0 Å². The van der Waals surface area contributed by atoms with Crippen LogP contribution < -0.4 is 0 Å². The van der Waals surface area contributed by atoms with Crippen LogP contribution in [0.3, 0.4) is 0 Å². The van der Waals surface area contributed by atoms with E-state index in [0.29, 0.717) is 12.8 Å². The highest BCUT2D eigenvalue weighted by Gasteiger charge is 2.41. The molecule has 2 atom stereocenters. The molecule has 0 aliphatic heterocycles. The van der Waals surface area contributed by atoms with E-state index in [9.17, 15) is 9.90 Å². The fraction of sp³-hybridized carbons (Fsp3) is 0.562. The zero-order valence-electron chi connectivity index (χ0n) is 12.4. The van der Waals surface area contributed by atoms with Crippen molar-refractivity contribution < 1.29 is 14.6 Å². The van der Waals surface area contributed by atoms with Crippen LogP contribution in [0, 0.1) is 5.92 Å². The molecule has 1 rings (SSSR count). The Hall–Kier alpha value is -0.870. The van der Waals surface area contributed by atoms with Crippen molar-refractivity contribution in [2.75, 3.05) is 7.11 Å². The van der Waals surface area contributed by atoms with Crippen molar-refractivity contribution in [3.8, 4) is 0 Å². The van der Waals surface area contributed by atoms with Crippen LogP contribution >= 0.6 is 15.9 Å². The number of ether oxygens (including phenoxy) is 1. The largest absolute Gasteiger partial charge is 0.469 e. The Labute approximate surface area is 129 Å². The number of benzene rings is 1. The summed E-state index contributed by atoms with van der Waals surface area (Å²) < 4.78 is 5.79. The summed E-state index contributed by atoms with van der Waals surface area (Å²) in [5.41, 5.74) is -0.438. The number of hydrogen-bond acceptors (Lipinski definition) is 3. The molecule has 3 nitrogen and oxygen atoms in total. The van der Waals surface area contributed by atoms with Crippen LogP contribution in [0.25, 0.3) is 0 Å². The second-order valence-electron chi connectivity index (χ2n) is 5.01. The van der Waals surface area contributed by atoms with E-state index in [1.165, 1.54) is 7.11 Å². The fourth-order valence-electron chi connectivity index (χ4n) is 2.51. The molecule has 2 unspecified atom stereocenters. The molecule has 0 aliphatic carbocycles. The van der Waals surface area contributed by atoms with E-state index in [1.54, 1.807) is 0 Å². The van der Waals surface area contributed by atoms with E-state index in [1.807, 2.05) is 31.2 Å². The van der Waals surface area contributed by atoms with Crippen LogP contribution in [0.4, 0.5) is 0 Å². The quantitative estimate of drug-likeness (QED) is 0.761. The second kappa shape index (κ2) is 7.79. The van der Waals surface area contributed by atoms with Gasteiger partial charge in [0.1, 0.15) is 5.60 Å². The van der Waals surface area contributed by atoms with Crippen LogP contribution in [0.15, 0.2) is 28.7 Å². The first-order valence-corrected chi connectivity index (χ1v) is 7.85. The first kappa shape index (κ1) is 17.2. The van der Waals surface area contributed by atoms with Crippen molar-refractivity contribution in [1.29, 1.82) is 0 Å². The van der Waals surface area contributed by atoms with Gasteiger partial charge in [0.25, 0.3) is 0 Å². The molecular weight excluding hydrogens is 320 g/mol. The first-order chi connectivity index (χ1) is 9.49. The lowest BCUT2D eigenvalue weighted by molar-refractivity contribution is -0.158.